The van der Waals surface area contributed by atoms with Crippen LogP contribution >= 0.6 is 0 Å². The van der Waals surface area contributed by atoms with Gasteiger partial charge in [-0.3, -0.25) is 14.4 Å². The molecule has 1 aliphatic heterocycles. The van der Waals surface area contributed by atoms with Crippen molar-refractivity contribution in [3.05, 3.63) is 58.6 Å². The minimum Gasteiger partial charge on any atom is -0.386 e. The average Bonchev–Trinajstić information content (AvgIpc) is 2.66. The second-order valence-corrected chi connectivity index (χ2v) is 8.71. The number of benzene rings is 2. The number of hydrogen-bond donors (Lipinski definition) is 1. The molecule has 1 aliphatic rings. The molecule has 0 atom stereocenters. The van der Waals surface area contributed by atoms with Gasteiger partial charge < -0.3 is 10.0 Å². The highest BCUT2D eigenvalue weighted by atomic mass is 32.2. The average molecular weight is 405 g/mol. The van der Waals surface area contributed by atoms with Crippen molar-refractivity contribution in [3.8, 4) is 0 Å². The zero-order chi connectivity index (χ0) is 20.5. The molecule has 1 saturated heterocycles. The van der Waals surface area contributed by atoms with Gasteiger partial charge in [-0.05, 0) is 37.6 Å². The third kappa shape index (κ3) is 3.55. The van der Waals surface area contributed by atoms with Crippen LogP contribution in [0.5, 0.6) is 0 Å². The van der Waals surface area contributed by atoms with Gasteiger partial charge in [0.1, 0.15) is 5.69 Å². The van der Waals surface area contributed by atoms with Gasteiger partial charge in [0.2, 0.25) is 0 Å². The highest BCUT2D eigenvalue weighted by Crippen LogP contribution is 2.38. The van der Waals surface area contributed by atoms with Crippen molar-refractivity contribution in [1.82, 2.24) is 0 Å². The topological polar surface area (TPSA) is 104 Å². The fourth-order valence-electron chi connectivity index (χ4n) is 3.35. The number of rotatable bonds is 7. The van der Waals surface area contributed by atoms with E-state index in [1.165, 1.54) is 16.4 Å². The van der Waals surface area contributed by atoms with E-state index < -0.39 is 20.5 Å². The molecule has 9 heteroatoms. The van der Waals surface area contributed by atoms with E-state index in [-0.39, 0.29) is 30.2 Å². The molecule has 0 spiro atoms. The summed E-state index contributed by atoms with van der Waals surface area (Å²) < 4.78 is 27.4. The van der Waals surface area contributed by atoms with Gasteiger partial charge in [0, 0.05) is 25.7 Å². The summed E-state index contributed by atoms with van der Waals surface area (Å²) in [6, 6.07) is 12.5. The van der Waals surface area contributed by atoms with Gasteiger partial charge in [-0.25, -0.2) is 8.42 Å². The summed E-state index contributed by atoms with van der Waals surface area (Å²) in [5.74, 6) is 0. The molecule has 0 aliphatic carbocycles. The van der Waals surface area contributed by atoms with Crippen LogP contribution in [-0.4, -0.2) is 43.7 Å². The molecule has 3 rings (SSSR count). The molecular formula is C19H23N3O5S. The van der Waals surface area contributed by atoms with Crippen LogP contribution in [0.4, 0.5) is 17.1 Å². The summed E-state index contributed by atoms with van der Waals surface area (Å²) in [5, 5.41) is 21.8. The summed E-state index contributed by atoms with van der Waals surface area (Å²) in [7, 11) is -3.96. The second-order valence-electron chi connectivity index (χ2n) is 6.85. The van der Waals surface area contributed by atoms with E-state index in [2.05, 4.69) is 0 Å². The summed E-state index contributed by atoms with van der Waals surface area (Å²) in [6.45, 7) is 4.31. The maximum atomic E-state index is 13.1. The molecule has 1 N–H and O–H groups in total. The summed E-state index contributed by atoms with van der Waals surface area (Å²) in [4.78, 5) is 12.6. The largest absolute Gasteiger partial charge is 0.386 e. The molecule has 0 bridgehead atoms. The first-order valence-electron chi connectivity index (χ1n) is 9.05. The minimum absolute atomic E-state index is 0.139. The van der Waals surface area contributed by atoms with E-state index >= 15 is 0 Å². The normalized spacial score (nSPS) is 15.8. The zero-order valence-electron chi connectivity index (χ0n) is 15.8. The first kappa shape index (κ1) is 20.1. The van der Waals surface area contributed by atoms with Gasteiger partial charge in [-0.15, -0.1) is 0 Å². The fraction of sp³-hybridized carbons (Fsp3) is 0.368. The van der Waals surface area contributed by atoms with E-state index in [1.54, 1.807) is 42.2 Å². The Labute approximate surface area is 164 Å². The summed E-state index contributed by atoms with van der Waals surface area (Å²) in [6.07, 6.45) is 0.548. The standard InChI is InChI=1S/C19H23N3O5S/c1-3-19(23)13-20(14-19)17-11-10-16(12-18(17)22(24)25)28(26,27)21(4-2)15-8-6-5-7-9-15/h5-12,23H,3-4,13-14H2,1-2H3. The Hall–Kier alpha value is -2.65. The van der Waals surface area contributed by atoms with Crippen LogP contribution in [0, 0.1) is 10.1 Å². The van der Waals surface area contributed by atoms with Gasteiger partial charge in [0.05, 0.1) is 21.1 Å². The lowest BCUT2D eigenvalue weighted by atomic mass is 9.90. The Kier molecular flexibility index (Phi) is 5.31. The van der Waals surface area contributed by atoms with E-state index in [9.17, 15) is 23.6 Å². The van der Waals surface area contributed by atoms with Crippen molar-refractivity contribution in [3.63, 3.8) is 0 Å². The quantitative estimate of drug-likeness (QED) is 0.561. The molecule has 1 heterocycles. The smallest absolute Gasteiger partial charge is 0.293 e. The zero-order valence-corrected chi connectivity index (χ0v) is 16.6. The van der Waals surface area contributed by atoms with E-state index in [0.29, 0.717) is 17.8 Å². The van der Waals surface area contributed by atoms with Crippen molar-refractivity contribution >= 4 is 27.1 Å². The Bertz CT molecular complexity index is 972. The Balaban J connectivity index is 1.99. The molecule has 0 saturated carbocycles. The van der Waals surface area contributed by atoms with Crippen LogP contribution in [0.15, 0.2) is 53.4 Å². The maximum absolute atomic E-state index is 13.1. The molecule has 8 nitrogen and oxygen atoms in total. The van der Waals surface area contributed by atoms with Gasteiger partial charge >= 0.3 is 0 Å². The highest BCUT2D eigenvalue weighted by Gasteiger charge is 2.42. The maximum Gasteiger partial charge on any atom is 0.293 e. The van der Waals surface area contributed by atoms with Crippen molar-refractivity contribution in [2.24, 2.45) is 0 Å². The van der Waals surface area contributed by atoms with Crippen LogP contribution in [0.3, 0.4) is 0 Å². The Morgan fingerprint density at radius 1 is 1.18 bits per heavy atom. The summed E-state index contributed by atoms with van der Waals surface area (Å²) >= 11 is 0. The van der Waals surface area contributed by atoms with Gasteiger partial charge in [0.25, 0.3) is 15.7 Å². The third-order valence-corrected chi connectivity index (χ3v) is 6.93. The lowest BCUT2D eigenvalue weighted by Gasteiger charge is -2.47. The molecule has 2 aromatic carbocycles. The Morgan fingerprint density at radius 2 is 1.82 bits per heavy atom. The minimum atomic E-state index is -3.96. The third-order valence-electron chi connectivity index (χ3n) is 5.03. The van der Waals surface area contributed by atoms with E-state index in [4.69, 9.17) is 0 Å². The van der Waals surface area contributed by atoms with Crippen LogP contribution in [0.1, 0.15) is 20.3 Å². The molecule has 1 fully saturated rings. The lowest BCUT2D eigenvalue weighted by Crippen LogP contribution is -2.61. The molecule has 150 valence electrons. The van der Waals surface area contributed by atoms with Crippen molar-refractivity contribution in [2.45, 2.75) is 30.8 Å². The van der Waals surface area contributed by atoms with Crippen molar-refractivity contribution in [2.75, 3.05) is 28.8 Å². The molecule has 0 unspecified atom stereocenters. The van der Waals surface area contributed by atoms with Crippen LogP contribution in [0.2, 0.25) is 0 Å². The molecule has 2 aromatic rings. The van der Waals surface area contributed by atoms with Crippen LogP contribution in [0.25, 0.3) is 0 Å². The highest BCUT2D eigenvalue weighted by molar-refractivity contribution is 7.92. The second kappa shape index (κ2) is 7.40. The molecule has 0 amide bonds. The first-order chi connectivity index (χ1) is 13.2. The number of sulfonamides is 1. The Morgan fingerprint density at radius 3 is 2.36 bits per heavy atom. The van der Waals surface area contributed by atoms with Gasteiger partial charge in [-0.2, -0.15) is 0 Å². The van der Waals surface area contributed by atoms with Crippen LogP contribution < -0.4 is 9.21 Å². The molecule has 0 aromatic heterocycles. The van der Waals surface area contributed by atoms with Crippen molar-refractivity contribution < 1.29 is 18.4 Å². The number of nitrogens with zero attached hydrogens (tertiary/aromatic N) is 3. The SMILES string of the molecule is CCN(c1ccccc1)S(=O)(=O)c1ccc(N2CC(O)(CC)C2)c([N+](=O)[O-])c1. The van der Waals surface area contributed by atoms with Crippen LogP contribution in [-0.2, 0) is 10.0 Å². The fourth-order valence-corrected chi connectivity index (χ4v) is 4.84. The van der Waals surface area contributed by atoms with Gasteiger partial charge in [-0.1, -0.05) is 25.1 Å². The number of aliphatic hydroxyl groups is 1. The molecule has 0 radical (unpaired) electrons. The molecule has 28 heavy (non-hydrogen) atoms. The summed E-state index contributed by atoms with van der Waals surface area (Å²) in [5.41, 5.74) is -0.342. The van der Waals surface area contributed by atoms with Crippen molar-refractivity contribution in [1.29, 1.82) is 0 Å². The number of β-amino-alcohol motifs (C(OH)–C–C–N with tert-alkyl or cyclic N) is 1. The monoisotopic (exact) mass is 405 g/mol. The predicted octanol–water partition coefficient (Wildman–Crippen LogP) is 2.77. The number of hydrogen-bond acceptors (Lipinski definition) is 6. The number of nitro groups is 1. The van der Waals surface area contributed by atoms with E-state index in [1.807, 2.05) is 6.92 Å². The number of para-hydroxylation sites is 1. The van der Waals surface area contributed by atoms with Gasteiger partial charge in [0.15, 0.2) is 0 Å². The predicted molar refractivity (Wildman–Crippen MR) is 107 cm³/mol. The first-order valence-corrected chi connectivity index (χ1v) is 10.5. The number of anilines is 2. The number of nitro benzene ring substituents is 1. The van der Waals surface area contributed by atoms with E-state index in [0.717, 1.165) is 6.07 Å². The molecular weight excluding hydrogens is 382 g/mol. The lowest BCUT2D eigenvalue weighted by molar-refractivity contribution is -0.384.